The van der Waals surface area contributed by atoms with Gasteiger partial charge >= 0.3 is 0 Å². The van der Waals surface area contributed by atoms with Crippen LogP contribution in [0.15, 0.2) is 47.6 Å². The van der Waals surface area contributed by atoms with Gasteiger partial charge in [0, 0.05) is 43.4 Å². The van der Waals surface area contributed by atoms with Crippen LogP contribution in [0.2, 0.25) is 5.02 Å². The highest BCUT2D eigenvalue weighted by molar-refractivity contribution is 6.31. The molecule has 0 radical (unpaired) electrons. The third kappa shape index (κ3) is 6.26. The Hall–Kier alpha value is -2.47. The number of methoxy groups -OCH3 is 1. The molecule has 7 heteroatoms. The summed E-state index contributed by atoms with van der Waals surface area (Å²) in [6, 6.07) is 12.3. The molecule has 0 atom stereocenters. The molecule has 0 spiro atoms. The fraction of sp³-hybridized carbons (Fsp3) is 0.455. The molecule has 2 aromatic rings. The van der Waals surface area contributed by atoms with E-state index in [1.807, 2.05) is 36.5 Å². The average Bonchev–Trinajstić information content (AvgIpc) is 2.76. The fourth-order valence-corrected chi connectivity index (χ4v) is 3.72. The number of piperidine rings is 1. The zero-order valence-corrected chi connectivity index (χ0v) is 18.0. The van der Waals surface area contributed by atoms with Crippen LogP contribution in [0.3, 0.4) is 0 Å². The van der Waals surface area contributed by atoms with Gasteiger partial charge in [-0.15, -0.1) is 0 Å². The third-order valence-corrected chi connectivity index (χ3v) is 5.42. The molecule has 3 rings (SSSR count). The predicted molar refractivity (Wildman–Crippen MR) is 120 cm³/mol. The van der Waals surface area contributed by atoms with Crippen molar-refractivity contribution in [1.29, 1.82) is 0 Å². The van der Waals surface area contributed by atoms with Crippen molar-refractivity contribution >= 4 is 23.4 Å². The first-order valence-corrected chi connectivity index (χ1v) is 10.6. The topological polar surface area (TPSA) is 61.8 Å². The number of guanidine groups is 1. The number of aliphatic imine (C=N–C) groups is 1. The molecule has 0 unspecified atom stereocenters. The molecule has 1 aromatic carbocycles. The Kier molecular flexibility index (Phi) is 7.99. The monoisotopic (exact) mass is 415 g/mol. The number of benzene rings is 1. The molecule has 1 aromatic heterocycles. The largest absolute Gasteiger partial charge is 0.497 e. The third-order valence-electron chi connectivity index (χ3n) is 5.06. The molecule has 0 amide bonds. The molecule has 1 aliphatic rings. The van der Waals surface area contributed by atoms with E-state index in [1.165, 1.54) is 0 Å². The SMILES string of the molecule is CCNC(=NCCc1ccc(OC)cc1Cl)NC1CCN(c2ccccn2)CC1. The van der Waals surface area contributed by atoms with Gasteiger partial charge < -0.3 is 20.3 Å². The lowest BCUT2D eigenvalue weighted by atomic mass is 10.1. The van der Waals surface area contributed by atoms with Crippen LogP contribution >= 0.6 is 11.6 Å². The van der Waals surface area contributed by atoms with Gasteiger partial charge in [-0.2, -0.15) is 0 Å². The fourth-order valence-electron chi connectivity index (χ4n) is 3.45. The minimum atomic E-state index is 0.414. The Labute approximate surface area is 178 Å². The van der Waals surface area contributed by atoms with Gasteiger partial charge in [0.05, 0.1) is 7.11 Å². The van der Waals surface area contributed by atoms with Gasteiger partial charge in [-0.3, -0.25) is 4.99 Å². The summed E-state index contributed by atoms with van der Waals surface area (Å²) in [4.78, 5) is 11.5. The van der Waals surface area contributed by atoms with Crippen LogP contribution < -0.4 is 20.3 Å². The van der Waals surface area contributed by atoms with Crippen LogP contribution in [0.5, 0.6) is 5.75 Å². The van der Waals surface area contributed by atoms with E-state index in [2.05, 4.69) is 33.5 Å². The smallest absolute Gasteiger partial charge is 0.191 e. The van der Waals surface area contributed by atoms with Crippen LogP contribution in [0.4, 0.5) is 5.82 Å². The van der Waals surface area contributed by atoms with E-state index in [0.717, 1.165) is 67.0 Å². The number of ether oxygens (including phenoxy) is 1. The number of halogens is 1. The Balaban J connectivity index is 1.51. The van der Waals surface area contributed by atoms with E-state index in [0.29, 0.717) is 12.6 Å². The average molecular weight is 416 g/mol. The molecule has 0 aliphatic carbocycles. The summed E-state index contributed by atoms with van der Waals surface area (Å²) in [6.07, 6.45) is 4.76. The molecule has 29 heavy (non-hydrogen) atoms. The first-order valence-electron chi connectivity index (χ1n) is 10.2. The summed E-state index contributed by atoms with van der Waals surface area (Å²) in [5, 5.41) is 7.66. The maximum atomic E-state index is 6.33. The molecular formula is C22H30ClN5O. The highest BCUT2D eigenvalue weighted by Gasteiger charge is 2.20. The maximum absolute atomic E-state index is 6.33. The number of nitrogens with zero attached hydrogens (tertiary/aromatic N) is 3. The van der Waals surface area contributed by atoms with E-state index >= 15 is 0 Å². The normalized spacial score (nSPS) is 15.3. The van der Waals surface area contributed by atoms with Gasteiger partial charge in [-0.1, -0.05) is 23.7 Å². The van der Waals surface area contributed by atoms with Crippen molar-refractivity contribution in [1.82, 2.24) is 15.6 Å². The van der Waals surface area contributed by atoms with E-state index in [9.17, 15) is 0 Å². The highest BCUT2D eigenvalue weighted by atomic mass is 35.5. The number of pyridine rings is 1. The van der Waals surface area contributed by atoms with Gasteiger partial charge in [-0.25, -0.2) is 4.98 Å². The van der Waals surface area contributed by atoms with Gasteiger partial charge in [-0.05, 0) is 56.0 Å². The molecule has 1 aliphatic heterocycles. The molecule has 0 saturated carbocycles. The van der Waals surface area contributed by atoms with Gasteiger partial charge in [0.1, 0.15) is 11.6 Å². The van der Waals surface area contributed by atoms with Crippen LogP contribution in [-0.2, 0) is 6.42 Å². The second kappa shape index (κ2) is 10.9. The molecule has 0 bridgehead atoms. The summed E-state index contributed by atoms with van der Waals surface area (Å²) in [7, 11) is 1.64. The van der Waals surface area contributed by atoms with Crippen molar-refractivity contribution < 1.29 is 4.74 Å². The van der Waals surface area contributed by atoms with E-state index in [4.69, 9.17) is 21.3 Å². The molecule has 2 heterocycles. The second-order valence-electron chi connectivity index (χ2n) is 7.06. The van der Waals surface area contributed by atoms with Gasteiger partial charge in [0.2, 0.25) is 0 Å². The van der Waals surface area contributed by atoms with Crippen molar-refractivity contribution in [2.75, 3.05) is 38.2 Å². The van der Waals surface area contributed by atoms with Crippen molar-refractivity contribution in [2.24, 2.45) is 4.99 Å². The summed E-state index contributed by atoms with van der Waals surface area (Å²) < 4.78 is 5.21. The van der Waals surface area contributed by atoms with Crippen molar-refractivity contribution in [3.05, 3.63) is 53.2 Å². The van der Waals surface area contributed by atoms with Crippen molar-refractivity contribution in [2.45, 2.75) is 32.2 Å². The van der Waals surface area contributed by atoms with Crippen LogP contribution in [0, 0.1) is 0 Å². The first-order chi connectivity index (χ1) is 14.2. The lowest BCUT2D eigenvalue weighted by Gasteiger charge is -2.33. The Bertz CT molecular complexity index is 791. The van der Waals surface area contributed by atoms with E-state index in [1.54, 1.807) is 7.11 Å². The zero-order chi connectivity index (χ0) is 20.5. The summed E-state index contributed by atoms with van der Waals surface area (Å²) in [5.41, 5.74) is 1.08. The number of hydrogen-bond acceptors (Lipinski definition) is 4. The Morgan fingerprint density at radius 1 is 1.28 bits per heavy atom. The molecule has 1 fully saturated rings. The predicted octanol–water partition coefficient (Wildman–Crippen LogP) is 3.51. The molecule has 156 valence electrons. The lowest BCUT2D eigenvalue weighted by molar-refractivity contribution is 0.414. The molecule has 1 saturated heterocycles. The number of anilines is 1. The first kappa shape index (κ1) is 21.2. The van der Waals surface area contributed by atoms with Crippen molar-refractivity contribution in [3.8, 4) is 5.75 Å². The minimum absolute atomic E-state index is 0.414. The van der Waals surface area contributed by atoms with Crippen molar-refractivity contribution in [3.63, 3.8) is 0 Å². The quantitative estimate of drug-likeness (QED) is 0.535. The minimum Gasteiger partial charge on any atom is -0.497 e. The number of rotatable bonds is 7. The molecular weight excluding hydrogens is 386 g/mol. The summed E-state index contributed by atoms with van der Waals surface area (Å²) in [6.45, 7) is 5.59. The maximum Gasteiger partial charge on any atom is 0.191 e. The molecule has 6 nitrogen and oxygen atoms in total. The number of nitrogens with one attached hydrogen (secondary N) is 2. The van der Waals surface area contributed by atoms with Gasteiger partial charge in [0.25, 0.3) is 0 Å². The summed E-state index contributed by atoms with van der Waals surface area (Å²) >= 11 is 6.33. The Morgan fingerprint density at radius 3 is 2.76 bits per heavy atom. The Morgan fingerprint density at radius 2 is 2.10 bits per heavy atom. The number of aromatic nitrogens is 1. The highest BCUT2D eigenvalue weighted by Crippen LogP contribution is 2.22. The van der Waals surface area contributed by atoms with Crippen LogP contribution in [0.25, 0.3) is 0 Å². The second-order valence-corrected chi connectivity index (χ2v) is 7.47. The van der Waals surface area contributed by atoms with Crippen LogP contribution in [-0.4, -0.2) is 50.3 Å². The lowest BCUT2D eigenvalue weighted by Crippen LogP contribution is -2.49. The van der Waals surface area contributed by atoms with E-state index in [-0.39, 0.29) is 0 Å². The van der Waals surface area contributed by atoms with Gasteiger partial charge in [0.15, 0.2) is 5.96 Å². The van der Waals surface area contributed by atoms with E-state index < -0.39 is 0 Å². The number of hydrogen-bond donors (Lipinski definition) is 2. The molecule has 2 N–H and O–H groups in total. The zero-order valence-electron chi connectivity index (χ0n) is 17.2. The standard InChI is InChI=1S/C22H30ClN5O/c1-3-24-22(26-13-9-17-7-8-19(29-2)16-20(17)23)27-18-10-14-28(15-11-18)21-6-4-5-12-25-21/h4-8,12,16,18H,3,9-11,13-15H2,1-2H3,(H2,24,26,27). The van der Waals surface area contributed by atoms with Crippen LogP contribution in [0.1, 0.15) is 25.3 Å². The summed E-state index contributed by atoms with van der Waals surface area (Å²) in [5.74, 6) is 2.70.